The fourth-order valence-corrected chi connectivity index (χ4v) is 16.5. The summed E-state index contributed by atoms with van der Waals surface area (Å²) < 4.78 is 36.3. The molecular weight excluding hydrogens is 1340 g/mol. The molecular formula is C70H105F2N15O16. The molecule has 7 fully saturated rings. The maximum absolute atomic E-state index is 15.3. The molecule has 17 N–H and O–H groups in total. The third-order valence-electron chi connectivity index (χ3n) is 22.2. The number of ketones is 1. The smallest absolute Gasteiger partial charge is 0.305 e. The van der Waals surface area contributed by atoms with Gasteiger partial charge in [-0.2, -0.15) is 0 Å². The van der Waals surface area contributed by atoms with Crippen molar-refractivity contribution in [1.29, 1.82) is 0 Å². The van der Waals surface area contributed by atoms with Crippen LogP contribution in [0.4, 0.5) is 8.78 Å². The number of Topliss-reactive ketones (excluding diaryl/α,β-unsaturated/α-hetero) is 1. The zero-order chi connectivity index (χ0) is 74.2. The maximum Gasteiger partial charge on any atom is 0.305 e. The highest BCUT2D eigenvalue weighted by molar-refractivity contribution is 6.00. The molecule has 570 valence electrons. The number of hydrogen-bond acceptors (Lipinski definition) is 19. The molecule has 3 saturated carbocycles. The van der Waals surface area contributed by atoms with E-state index in [-0.39, 0.29) is 107 Å². The maximum atomic E-state index is 15.3. The van der Waals surface area contributed by atoms with E-state index < -0.39 is 187 Å². The highest BCUT2D eigenvalue weighted by atomic mass is 19.1. The Labute approximate surface area is 597 Å². The number of rotatable bonds is 12. The topological polar surface area (TPSA) is 457 Å². The summed E-state index contributed by atoms with van der Waals surface area (Å²) in [5.41, 5.74) is 4.87. The molecule has 31 nitrogen and oxygen atoms in total. The number of benzene rings is 1. The molecule has 6 heterocycles. The number of carbonyl (C=O) groups excluding carboxylic acids is 12. The summed E-state index contributed by atoms with van der Waals surface area (Å²) >= 11 is 0. The predicted octanol–water partition coefficient (Wildman–Crippen LogP) is -2.32. The van der Waals surface area contributed by atoms with Crippen LogP contribution in [0.3, 0.4) is 0 Å². The summed E-state index contributed by atoms with van der Waals surface area (Å²) in [7, 11) is 0. The lowest BCUT2D eigenvalue weighted by atomic mass is 9.75. The van der Waals surface area contributed by atoms with E-state index in [0.717, 1.165) is 6.92 Å². The van der Waals surface area contributed by atoms with Gasteiger partial charge in [0.2, 0.25) is 65.0 Å². The zero-order valence-corrected chi connectivity index (χ0v) is 59.0. The number of hydrogen-bond donors (Lipinski definition) is 16. The third kappa shape index (κ3) is 22.0. The summed E-state index contributed by atoms with van der Waals surface area (Å²) in [6, 6.07) is -4.69. The summed E-state index contributed by atoms with van der Waals surface area (Å²) in [6.07, 6.45) is -1.04. The Bertz CT molecular complexity index is 3230. The van der Waals surface area contributed by atoms with E-state index in [2.05, 4.69) is 69.1 Å². The van der Waals surface area contributed by atoms with Gasteiger partial charge in [0.25, 0.3) is 0 Å². The van der Waals surface area contributed by atoms with E-state index in [1.54, 1.807) is 31.2 Å². The molecule has 0 aromatic heterocycles. The summed E-state index contributed by atoms with van der Waals surface area (Å²) in [5.74, 6) is -13.9. The van der Waals surface area contributed by atoms with Gasteiger partial charge in [-0.15, -0.1) is 0 Å². The molecule has 0 radical (unpaired) electrons. The van der Waals surface area contributed by atoms with Crippen LogP contribution in [0.25, 0.3) is 0 Å². The number of carbonyl (C=O) groups is 13. The van der Waals surface area contributed by atoms with Gasteiger partial charge in [-0.25, -0.2) is 8.78 Å². The normalized spacial score (nSPS) is 35.6. The summed E-state index contributed by atoms with van der Waals surface area (Å²) in [6.45, 7) is 4.54. The fraction of sp³-hybridized carbons (Fsp3) is 0.729. The standard InChI is InChI=1S/C70H105F2N15O16/c1-36-62(95)78-34-47(90)24-40(23-41-31-76-51-15-9-43(71)26-49(41)51)63(96)82-54(25-42-32-77-52-16-10-44(72)27-50(42)52)65(98)84-57(30-60(92)93)67(100)83-55(28-45-33-74-35-79-45)66(99)85-58(22-38-5-11-46(89)12-6-38)68(101)87-19-4-17-70(87,3)69(102)86-53(61(73)94)21-39-7-13-48(14-8-39)103-20-18-75-59(91)29-56(64(97)80-36)81-37(2)88/h7-8,13-14,36,38,40-46,49-58,74,76-77,79,89H,4-6,9-12,15-35H2,1-3H3,(H2,73,94)(H,75,91)(H,78,95)(H,80,97)(H,81,88)(H,82,96)(H,83,100)(H,84,98)(H,85,99)(H,86,102)(H,92,93)/t36-,38?,40+,41?,42?,43?,44?,45?,46?,49?,50?,51?,52?,53-,54-,55-,56-,57-,58-,70-/m0/s1. The first-order valence-electron chi connectivity index (χ1n) is 36.7. The van der Waals surface area contributed by atoms with E-state index >= 15 is 28.0 Å². The highest BCUT2D eigenvalue weighted by Gasteiger charge is 2.50. The van der Waals surface area contributed by atoms with Gasteiger partial charge >= 0.3 is 5.97 Å². The molecule has 18 atom stereocenters. The number of halogens is 2. The van der Waals surface area contributed by atoms with Gasteiger partial charge < -0.3 is 94.7 Å². The van der Waals surface area contributed by atoms with Crippen molar-refractivity contribution in [2.75, 3.05) is 52.5 Å². The second kappa shape index (κ2) is 36.6. The number of nitrogens with one attached hydrogen (secondary N) is 13. The van der Waals surface area contributed by atoms with E-state index in [4.69, 9.17) is 10.5 Å². The molecule has 10 rings (SSSR count). The first-order valence-corrected chi connectivity index (χ1v) is 36.7. The molecule has 33 heteroatoms. The number of fused-ring (bicyclic) bond motifs is 35. The van der Waals surface area contributed by atoms with Crippen LogP contribution in [0.15, 0.2) is 24.3 Å². The minimum absolute atomic E-state index is 0.00447. The van der Waals surface area contributed by atoms with Gasteiger partial charge in [0.05, 0.1) is 32.0 Å². The fourth-order valence-electron chi connectivity index (χ4n) is 16.5. The highest BCUT2D eigenvalue weighted by Crippen LogP contribution is 2.41. The molecule has 9 aliphatic rings. The van der Waals surface area contributed by atoms with Crippen molar-refractivity contribution >= 4 is 76.7 Å². The molecule has 4 saturated heterocycles. The Morgan fingerprint density at radius 3 is 1.90 bits per heavy atom. The number of nitrogens with zero attached hydrogens (tertiary/aromatic N) is 1. The molecule has 0 spiro atoms. The minimum Gasteiger partial charge on any atom is -0.492 e. The number of alkyl halides is 2. The number of carboxylic acids is 1. The number of nitrogens with two attached hydrogens (primary N) is 1. The monoisotopic (exact) mass is 1450 g/mol. The Hall–Kier alpha value is -8.01. The zero-order valence-electron chi connectivity index (χ0n) is 59.0. The van der Waals surface area contributed by atoms with Gasteiger partial charge in [0.15, 0.2) is 5.78 Å². The van der Waals surface area contributed by atoms with Crippen LogP contribution >= 0.6 is 0 Å². The molecule has 1 aromatic rings. The van der Waals surface area contributed by atoms with Crippen molar-refractivity contribution in [3.8, 4) is 5.75 Å². The number of ether oxygens (including phenoxy) is 1. The average molecular weight is 1450 g/mol. The van der Waals surface area contributed by atoms with Crippen LogP contribution < -0.4 is 79.6 Å². The van der Waals surface area contributed by atoms with Crippen LogP contribution in [0.1, 0.15) is 148 Å². The van der Waals surface area contributed by atoms with Gasteiger partial charge in [-0.3, -0.25) is 62.3 Å². The summed E-state index contributed by atoms with van der Waals surface area (Å²) in [5, 5.41) is 57.8. The number of aliphatic carboxylic acids is 1. The van der Waals surface area contributed by atoms with Crippen LogP contribution in [0.5, 0.6) is 5.75 Å². The Morgan fingerprint density at radius 1 is 0.670 bits per heavy atom. The summed E-state index contributed by atoms with van der Waals surface area (Å²) in [4.78, 5) is 185. The average Bonchev–Trinajstić information content (AvgIpc) is 1.68. The minimum atomic E-state index is -1.93. The van der Waals surface area contributed by atoms with Gasteiger partial charge in [0.1, 0.15) is 72.5 Å². The molecule has 3 aliphatic carbocycles. The van der Waals surface area contributed by atoms with Gasteiger partial charge in [0, 0.05) is 63.6 Å². The van der Waals surface area contributed by atoms with E-state index in [1.807, 2.05) is 0 Å². The van der Waals surface area contributed by atoms with Crippen LogP contribution in [0, 0.1) is 35.5 Å². The first kappa shape index (κ1) is 79.1. The molecule has 6 aliphatic heterocycles. The molecule has 103 heavy (non-hydrogen) atoms. The van der Waals surface area contributed by atoms with E-state index in [1.165, 1.54) is 11.8 Å². The molecule has 2 bridgehead atoms. The largest absolute Gasteiger partial charge is 0.492 e. The van der Waals surface area contributed by atoms with Crippen LogP contribution in [0.2, 0.25) is 0 Å². The van der Waals surface area contributed by atoms with E-state index in [9.17, 15) is 53.4 Å². The second-order valence-electron chi connectivity index (χ2n) is 29.9. The molecule has 1 aromatic carbocycles. The van der Waals surface area contributed by atoms with Crippen molar-refractivity contribution in [3.63, 3.8) is 0 Å². The first-order chi connectivity index (χ1) is 49.1. The lowest BCUT2D eigenvalue weighted by Crippen LogP contribution is -2.63. The van der Waals surface area contributed by atoms with Gasteiger partial charge in [-0.1, -0.05) is 12.1 Å². The third-order valence-corrected chi connectivity index (χ3v) is 22.2. The Kier molecular flexibility index (Phi) is 28.1. The molecule has 9 unspecified atom stereocenters. The number of carboxylic acid groups (broad SMARTS) is 1. The number of amides is 11. The SMILES string of the molecule is CC(=O)N[C@H]1CC(=O)NCCOc2ccc(cc2)C[C@@H](C(N)=O)NC(=O)[C@]2(C)CCCN2C(=O)[C@H](CC2CCC(O)CC2)NC(=O)[C@H](CC2CNCN2)NC(=O)[C@H](CC(=O)O)NC(=O)[C@H](CC2CNC3CCC(F)CC23)NC(=O)[C@H](CC2CNC3CCC(F)CC23)CC(=O)CNC(=O)[C@H](C)NC1=O. The quantitative estimate of drug-likeness (QED) is 0.0977. The predicted molar refractivity (Wildman–Crippen MR) is 366 cm³/mol. The van der Waals surface area contributed by atoms with E-state index in [0.29, 0.717) is 95.4 Å². The van der Waals surface area contributed by atoms with Crippen molar-refractivity contribution < 1.29 is 86.1 Å². The van der Waals surface area contributed by atoms with Crippen LogP contribution in [-0.4, -0.2) is 229 Å². The lowest BCUT2D eigenvalue weighted by molar-refractivity contribution is -0.148. The van der Waals surface area contributed by atoms with Crippen molar-refractivity contribution in [1.82, 2.24) is 74.0 Å². The van der Waals surface area contributed by atoms with Crippen molar-refractivity contribution in [2.24, 2.45) is 41.2 Å². The van der Waals surface area contributed by atoms with Crippen molar-refractivity contribution in [2.45, 2.75) is 234 Å². The second-order valence-corrected chi connectivity index (χ2v) is 29.9. The number of aliphatic hydroxyl groups is 1. The van der Waals surface area contributed by atoms with Gasteiger partial charge in [-0.05, 0) is 177 Å². The lowest BCUT2D eigenvalue weighted by Gasteiger charge is -2.38. The number of aliphatic hydroxyl groups excluding tert-OH is 1. The molecule has 11 amide bonds. The van der Waals surface area contributed by atoms with Crippen LogP contribution in [-0.2, 0) is 68.7 Å². The Balaban J connectivity index is 1.03. The Morgan fingerprint density at radius 2 is 1.28 bits per heavy atom. The number of primary amides is 1. The van der Waals surface area contributed by atoms with Crippen molar-refractivity contribution in [3.05, 3.63) is 29.8 Å².